The zero-order valence-corrected chi connectivity index (χ0v) is 12.8. The smallest absolute Gasteiger partial charge is 0.122 e. The molecule has 0 aromatic carbocycles. The largest absolute Gasteiger partial charge is 0.392 e. The minimum Gasteiger partial charge on any atom is -0.392 e. The Morgan fingerprint density at radius 3 is 2.75 bits per heavy atom. The third-order valence-corrected chi connectivity index (χ3v) is 3.95. The second kappa shape index (κ2) is 5.17. The van der Waals surface area contributed by atoms with Crippen LogP contribution in [-0.2, 0) is 24.3 Å². The van der Waals surface area contributed by atoms with Crippen LogP contribution in [0.2, 0.25) is 0 Å². The van der Waals surface area contributed by atoms with E-state index in [1.165, 1.54) is 0 Å². The van der Waals surface area contributed by atoms with Crippen molar-refractivity contribution >= 4 is 18.0 Å². The standard InChI is InChI=1S/C14H19N3O2S/c1-8(18)6-17-12(16)10(5-15)9-4-14(2,3)19-7-11(9)13(17)20/h8,18H,4,6-7,16H2,1-3H3/t8-/m1/s1. The van der Waals surface area contributed by atoms with Crippen LogP contribution in [0.5, 0.6) is 0 Å². The molecule has 0 fully saturated rings. The maximum absolute atomic E-state index is 9.57. The Morgan fingerprint density at radius 2 is 2.20 bits per heavy atom. The van der Waals surface area contributed by atoms with Gasteiger partial charge >= 0.3 is 0 Å². The van der Waals surface area contributed by atoms with Crippen molar-refractivity contribution in [3.8, 4) is 6.07 Å². The average molecular weight is 293 g/mol. The number of ether oxygens (including phenoxy) is 1. The fourth-order valence-electron chi connectivity index (χ4n) is 2.50. The Balaban J connectivity index is 2.69. The van der Waals surface area contributed by atoms with Gasteiger partial charge in [0.05, 0.1) is 30.4 Å². The lowest BCUT2D eigenvalue weighted by Gasteiger charge is -2.33. The Labute approximate surface area is 123 Å². The molecular weight excluding hydrogens is 274 g/mol. The van der Waals surface area contributed by atoms with Crippen LogP contribution in [0, 0.1) is 16.0 Å². The number of fused-ring (bicyclic) bond motifs is 1. The number of rotatable bonds is 2. The number of pyridine rings is 1. The third-order valence-electron chi connectivity index (χ3n) is 3.48. The quantitative estimate of drug-likeness (QED) is 0.814. The summed E-state index contributed by atoms with van der Waals surface area (Å²) in [5, 5.41) is 19.0. The molecule has 0 radical (unpaired) electrons. The second-order valence-electron chi connectivity index (χ2n) is 5.82. The zero-order valence-electron chi connectivity index (χ0n) is 11.9. The first-order valence-corrected chi connectivity index (χ1v) is 6.94. The highest BCUT2D eigenvalue weighted by Crippen LogP contribution is 2.33. The lowest BCUT2D eigenvalue weighted by Crippen LogP contribution is -2.34. The van der Waals surface area contributed by atoms with Crippen LogP contribution >= 0.6 is 12.2 Å². The van der Waals surface area contributed by atoms with Crippen LogP contribution < -0.4 is 5.73 Å². The molecule has 5 nitrogen and oxygen atoms in total. The van der Waals surface area contributed by atoms with E-state index in [4.69, 9.17) is 22.7 Å². The third kappa shape index (κ3) is 2.57. The SMILES string of the molecule is C[C@@H](O)Cn1c(N)c(C#N)c2c(c1=S)COC(C)(C)C2. The van der Waals surface area contributed by atoms with E-state index in [1.54, 1.807) is 11.5 Å². The van der Waals surface area contributed by atoms with E-state index >= 15 is 0 Å². The Hall–Kier alpha value is -1.42. The summed E-state index contributed by atoms with van der Waals surface area (Å²) in [5.74, 6) is 0.329. The van der Waals surface area contributed by atoms with Crippen LogP contribution in [0.15, 0.2) is 0 Å². The molecule has 20 heavy (non-hydrogen) atoms. The Bertz CT molecular complexity index is 641. The van der Waals surface area contributed by atoms with Crippen molar-refractivity contribution in [3.63, 3.8) is 0 Å². The van der Waals surface area contributed by atoms with E-state index in [-0.39, 0.29) is 12.1 Å². The van der Waals surface area contributed by atoms with E-state index in [0.29, 0.717) is 29.0 Å². The number of aromatic nitrogens is 1. The van der Waals surface area contributed by atoms with E-state index in [0.717, 1.165) is 11.1 Å². The first-order chi connectivity index (χ1) is 9.26. The summed E-state index contributed by atoms with van der Waals surface area (Å²) in [7, 11) is 0. The lowest BCUT2D eigenvalue weighted by molar-refractivity contribution is -0.0407. The van der Waals surface area contributed by atoms with Crippen LogP contribution in [0.25, 0.3) is 0 Å². The lowest BCUT2D eigenvalue weighted by atomic mass is 9.89. The molecule has 2 rings (SSSR count). The van der Waals surface area contributed by atoms with Gasteiger partial charge in [-0.2, -0.15) is 5.26 Å². The van der Waals surface area contributed by atoms with Crippen molar-refractivity contribution in [1.29, 1.82) is 5.26 Å². The normalized spacial score (nSPS) is 18.1. The van der Waals surface area contributed by atoms with Crippen molar-refractivity contribution in [2.75, 3.05) is 5.73 Å². The molecule has 0 aliphatic carbocycles. The van der Waals surface area contributed by atoms with E-state index in [9.17, 15) is 10.4 Å². The maximum Gasteiger partial charge on any atom is 0.122 e. The number of nitrogens with two attached hydrogens (primary N) is 1. The van der Waals surface area contributed by atoms with Gasteiger partial charge in [-0.05, 0) is 26.3 Å². The van der Waals surface area contributed by atoms with Gasteiger partial charge in [0.25, 0.3) is 0 Å². The molecule has 6 heteroatoms. The van der Waals surface area contributed by atoms with E-state index < -0.39 is 6.10 Å². The number of nitriles is 1. The van der Waals surface area contributed by atoms with Crippen molar-refractivity contribution in [3.05, 3.63) is 21.3 Å². The molecule has 0 unspecified atom stereocenters. The molecule has 0 spiro atoms. The number of nitrogen functional groups attached to an aromatic ring is 1. The Kier molecular flexibility index (Phi) is 3.87. The number of aliphatic hydroxyl groups is 1. The summed E-state index contributed by atoms with van der Waals surface area (Å²) in [6.45, 7) is 6.26. The summed E-state index contributed by atoms with van der Waals surface area (Å²) >= 11 is 5.45. The molecule has 1 aromatic heterocycles. The zero-order chi connectivity index (χ0) is 15.1. The number of hydrogen-bond donors (Lipinski definition) is 2. The summed E-state index contributed by atoms with van der Waals surface area (Å²) in [5.41, 5.74) is 7.92. The number of hydrogen-bond acceptors (Lipinski definition) is 5. The summed E-state index contributed by atoms with van der Waals surface area (Å²) in [6.07, 6.45) is 0.0174. The molecule has 2 heterocycles. The van der Waals surface area contributed by atoms with Gasteiger partial charge < -0.3 is 20.1 Å². The minimum atomic E-state index is -0.588. The average Bonchev–Trinajstić information content (AvgIpc) is 2.33. The molecule has 1 aromatic rings. The molecule has 0 amide bonds. The summed E-state index contributed by atoms with van der Waals surface area (Å²) < 4.78 is 7.95. The van der Waals surface area contributed by atoms with Gasteiger partial charge in [-0.3, -0.25) is 0 Å². The molecule has 0 saturated heterocycles. The number of nitrogens with zero attached hydrogens (tertiary/aromatic N) is 2. The maximum atomic E-state index is 9.57. The van der Waals surface area contributed by atoms with Gasteiger partial charge in [0.15, 0.2) is 0 Å². The molecule has 1 aliphatic heterocycles. The van der Waals surface area contributed by atoms with Gasteiger partial charge in [-0.25, -0.2) is 0 Å². The minimum absolute atomic E-state index is 0.274. The van der Waals surface area contributed by atoms with Gasteiger partial charge in [0, 0.05) is 12.0 Å². The number of aliphatic hydroxyl groups excluding tert-OH is 1. The highest BCUT2D eigenvalue weighted by atomic mass is 32.1. The van der Waals surface area contributed by atoms with Crippen LogP contribution in [0.3, 0.4) is 0 Å². The van der Waals surface area contributed by atoms with Crippen LogP contribution in [-0.4, -0.2) is 21.4 Å². The van der Waals surface area contributed by atoms with Gasteiger partial charge in [0.1, 0.15) is 16.5 Å². The highest BCUT2D eigenvalue weighted by molar-refractivity contribution is 7.71. The summed E-state index contributed by atoms with van der Waals surface area (Å²) in [6, 6.07) is 2.17. The Morgan fingerprint density at radius 1 is 1.55 bits per heavy atom. The number of anilines is 1. The molecule has 0 saturated carbocycles. The molecule has 108 valence electrons. The van der Waals surface area contributed by atoms with E-state index in [1.807, 2.05) is 13.8 Å². The van der Waals surface area contributed by atoms with Crippen molar-refractivity contribution in [2.24, 2.45) is 0 Å². The molecular formula is C14H19N3O2S. The van der Waals surface area contributed by atoms with Crippen molar-refractivity contribution < 1.29 is 9.84 Å². The van der Waals surface area contributed by atoms with Gasteiger partial charge in [0.2, 0.25) is 0 Å². The predicted molar refractivity (Wildman–Crippen MR) is 78.6 cm³/mol. The van der Waals surface area contributed by atoms with Crippen molar-refractivity contribution in [1.82, 2.24) is 4.57 Å². The second-order valence-corrected chi connectivity index (χ2v) is 6.21. The van der Waals surface area contributed by atoms with Gasteiger partial charge in [-0.1, -0.05) is 12.2 Å². The highest BCUT2D eigenvalue weighted by Gasteiger charge is 2.31. The summed E-state index contributed by atoms with van der Waals surface area (Å²) in [4.78, 5) is 0. The fourth-order valence-corrected chi connectivity index (χ4v) is 2.86. The first-order valence-electron chi connectivity index (χ1n) is 6.53. The molecule has 1 atom stereocenters. The topological polar surface area (TPSA) is 84.2 Å². The fraction of sp³-hybridized carbons (Fsp3) is 0.571. The van der Waals surface area contributed by atoms with Crippen molar-refractivity contribution in [2.45, 2.75) is 52.0 Å². The van der Waals surface area contributed by atoms with Gasteiger partial charge in [-0.15, -0.1) is 0 Å². The molecule has 1 aliphatic rings. The predicted octanol–water partition coefficient (Wildman–Crippen LogP) is 1.90. The van der Waals surface area contributed by atoms with Crippen LogP contribution in [0.4, 0.5) is 5.82 Å². The monoisotopic (exact) mass is 293 g/mol. The molecule has 3 N–H and O–H groups in total. The molecule has 0 bridgehead atoms. The first kappa shape index (κ1) is 15.0. The van der Waals surface area contributed by atoms with E-state index in [2.05, 4.69) is 6.07 Å². The van der Waals surface area contributed by atoms with Crippen LogP contribution in [0.1, 0.15) is 37.5 Å².